The number of rotatable bonds is 3. The van der Waals surface area contributed by atoms with Crippen molar-refractivity contribution in [2.75, 3.05) is 4.72 Å². The van der Waals surface area contributed by atoms with Crippen LogP contribution >= 0.6 is 12.6 Å². The smallest absolute Gasteiger partial charge is 0.337 e. The summed E-state index contributed by atoms with van der Waals surface area (Å²) >= 11 is 1.40. The summed E-state index contributed by atoms with van der Waals surface area (Å²) in [7, 11) is 0. The van der Waals surface area contributed by atoms with Crippen molar-refractivity contribution < 1.29 is 18.7 Å². The largest absolute Gasteiger partial charge is 0.755 e. The molecule has 5 nitrogen and oxygen atoms in total. The predicted molar refractivity (Wildman–Crippen MR) is 53.2 cm³/mol. The summed E-state index contributed by atoms with van der Waals surface area (Å²) in [6.45, 7) is 0. The van der Waals surface area contributed by atoms with E-state index in [2.05, 4.69) is 12.6 Å². The SMILES string of the molecule is O=C(O)c1cc(S)ccc1NS(=O)[O-]. The van der Waals surface area contributed by atoms with Crippen molar-refractivity contribution in [1.82, 2.24) is 0 Å². The van der Waals surface area contributed by atoms with Crippen molar-refractivity contribution in [1.29, 1.82) is 0 Å². The van der Waals surface area contributed by atoms with Crippen molar-refractivity contribution in [2.24, 2.45) is 0 Å². The lowest BCUT2D eigenvalue weighted by Gasteiger charge is -2.11. The van der Waals surface area contributed by atoms with Crippen molar-refractivity contribution in [3.63, 3.8) is 0 Å². The van der Waals surface area contributed by atoms with Gasteiger partial charge in [-0.05, 0) is 18.2 Å². The Kier molecular flexibility index (Phi) is 3.50. The molecule has 1 aromatic carbocycles. The predicted octanol–water partition coefficient (Wildman–Crippen LogP) is 0.879. The lowest BCUT2D eigenvalue weighted by Crippen LogP contribution is -2.08. The van der Waals surface area contributed by atoms with E-state index in [4.69, 9.17) is 5.11 Å². The molecule has 0 aromatic heterocycles. The maximum absolute atomic E-state index is 10.7. The van der Waals surface area contributed by atoms with Crippen molar-refractivity contribution in [2.45, 2.75) is 4.90 Å². The van der Waals surface area contributed by atoms with E-state index in [0.717, 1.165) is 0 Å². The van der Waals surface area contributed by atoms with E-state index in [-0.39, 0.29) is 11.3 Å². The summed E-state index contributed by atoms with van der Waals surface area (Å²) in [6, 6.07) is 4.09. The number of aromatic carboxylic acids is 1. The van der Waals surface area contributed by atoms with Crippen LogP contribution in [0.4, 0.5) is 5.69 Å². The fourth-order valence-electron chi connectivity index (χ4n) is 0.888. The molecule has 0 fully saturated rings. The van der Waals surface area contributed by atoms with Crippen LogP contribution < -0.4 is 4.72 Å². The van der Waals surface area contributed by atoms with Gasteiger partial charge in [-0.2, -0.15) is 0 Å². The Morgan fingerprint density at radius 3 is 2.71 bits per heavy atom. The molecule has 1 atom stereocenters. The molecule has 0 saturated carbocycles. The molecule has 76 valence electrons. The minimum atomic E-state index is -2.54. The average molecular weight is 232 g/mol. The zero-order valence-corrected chi connectivity index (χ0v) is 8.47. The maximum atomic E-state index is 10.7. The monoisotopic (exact) mass is 232 g/mol. The number of nitrogens with one attached hydrogen (secondary N) is 1. The Morgan fingerprint density at radius 1 is 1.57 bits per heavy atom. The second-order valence-corrected chi connectivity index (χ2v) is 3.56. The van der Waals surface area contributed by atoms with Crippen molar-refractivity contribution in [3.8, 4) is 0 Å². The quantitative estimate of drug-likeness (QED) is 0.533. The molecule has 0 aliphatic rings. The van der Waals surface area contributed by atoms with Crippen LogP contribution in [-0.2, 0) is 11.3 Å². The zero-order valence-electron chi connectivity index (χ0n) is 6.76. The molecule has 1 unspecified atom stereocenters. The number of thiol groups is 1. The Hall–Kier alpha value is -1.05. The van der Waals surface area contributed by atoms with Gasteiger partial charge in [-0.3, -0.25) is 4.21 Å². The lowest BCUT2D eigenvalue weighted by molar-refractivity contribution is 0.0698. The highest BCUT2D eigenvalue weighted by atomic mass is 32.2. The first-order chi connectivity index (χ1) is 6.50. The van der Waals surface area contributed by atoms with Crippen LogP contribution in [-0.4, -0.2) is 19.8 Å². The lowest BCUT2D eigenvalue weighted by atomic mass is 10.2. The van der Waals surface area contributed by atoms with Crippen LogP contribution in [0.3, 0.4) is 0 Å². The van der Waals surface area contributed by atoms with Gasteiger partial charge in [-0.25, -0.2) is 4.79 Å². The molecular weight excluding hydrogens is 226 g/mol. The van der Waals surface area contributed by atoms with Crippen molar-refractivity contribution >= 4 is 35.6 Å². The molecule has 2 N–H and O–H groups in total. The first-order valence-electron chi connectivity index (χ1n) is 3.43. The highest BCUT2D eigenvalue weighted by Crippen LogP contribution is 2.19. The van der Waals surface area contributed by atoms with Crippen molar-refractivity contribution in [3.05, 3.63) is 23.8 Å². The van der Waals surface area contributed by atoms with Crippen LogP contribution in [0.25, 0.3) is 0 Å². The number of carboxylic acid groups (broad SMARTS) is 1. The summed E-state index contributed by atoms with van der Waals surface area (Å²) in [6.07, 6.45) is 0. The van der Waals surface area contributed by atoms with Crippen LogP contribution in [0.1, 0.15) is 10.4 Å². The fraction of sp³-hybridized carbons (Fsp3) is 0. The summed E-state index contributed by atoms with van der Waals surface area (Å²) in [5.74, 6) is -1.21. The Labute approximate surface area is 88.0 Å². The number of benzene rings is 1. The topological polar surface area (TPSA) is 89.5 Å². The minimum absolute atomic E-state index is 0.0173. The third-order valence-corrected chi connectivity index (χ3v) is 2.09. The molecule has 0 bridgehead atoms. The van der Waals surface area contributed by atoms with Gasteiger partial charge in [-0.1, -0.05) is 0 Å². The van der Waals surface area contributed by atoms with E-state index in [0.29, 0.717) is 4.90 Å². The maximum Gasteiger partial charge on any atom is 0.337 e. The molecule has 0 aliphatic carbocycles. The Bertz CT molecular complexity index is 393. The highest BCUT2D eigenvalue weighted by molar-refractivity contribution is 7.80. The standard InChI is InChI=1S/C7H7NO4S2/c9-7(10)5-3-4(13)1-2-6(5)8-14(11)12/h1-3,8,13H,(H,9,10)(H,11,12)/p-1. The first kappa shape index (κ1) is 11.0. The van der Waals surface area contributed by atoms with Gasteiger partial charge >= 0.3 is 5.97 Å². The third-order valence-electron chi connectivity index (χ3n) is 1.43. The van der Waals surface area contributed by atoms with Gasteiger partial charge in [0.05, 0.1) is 11.3 Å². The Morgan fingerprint density at radius 2 is 2.21 bits per heavy atom. The van der Waals surface area contributed by atoms with E-state index >= 15 is 0 Å². The molecule has 0 spiro atoms. The first-order valence-corrected chi connectivity index (χ1v) is 4.95. The van der Waals surface area contributed by atoms with E-state index in [1.807, 2.05) is 4.72 Å². The Balaban J connectivity index is 3.14. The molecule has 0 amide bonds. The minimum Gasteiger partial charge on any atom is -0.755 e. The molecule has 1 rings (SSSR count). The molecule has 0 heterocycles. The molecule has 0 radical (unpaired) electrons. The summed E-state index contributed by atoms with van der Waals surface area (Å²) in [5, 5.41) is 8.73. The van der Waals surface area contributed by atoms with Crippen LogP contribution in [0.5, 0.6) is 0 Å². The van der Waals surface area contributed by atoms with Gasteiger partial charge in [0.1, 0.15) is 0 Å². The van der Waals surface area contributed by atoms with Gasteiger partial charge in [0.15, 0.2) is 0 Å². The molecular formula is C7H6NO4S2-. The summed E-state index contributed by atoms with van der Waals surface area (Å²) in [5.41, 5.74) is -0.120. The van der Waals surface area contributed by atoms with Gasteiger partial charge in [0.25, 0.3) is 0 Å². The average Bonchev–Trinajstić information content (AvgIpc) is 2.07. The van der Waals surface area contributed by atoms with Crippen LogP contribution in [0, 0.1) is 0 Å². The van der Waals surface area contributed by atoms with E-state index < -0.39 is 17.2 Å². The highest BCUT2D eigenvalue weighted by Gasteiger charge is 2.09. The van der Waals surface area contributed by atoms with E-state index in [9.17, 15) is 13.6 Å². The summed E-state index contributed by atoms with van der Waals surface area (Å²) < 4.78 is 22.6. The number of anilines is 1. The number of carboxylic acids is 1. The van der Waals surface area contributed by atoms with Gasteiger partial charge in [-0.15, -0.1) is 12.6 Å². The van der Waals surface area contributed by atoms with Crippen LogP contribution in [0.15, 0.2) is 23.1 Å². The van der Waals surface area contributed by atoms with E-state index in [1.54, 1.807) is 0 Å². The molecule has 14 heavy (non-hydrogen) atoms. The molecule has 7 heteroatoms. The van der Waals surface area contributed by atoms with Gasteiger partial charge in [0, 0.05) is 16.2 Å². The van der Waals surface area contributed by atoms with Gasteiger partial charge in [0.2, 0.25) is 0 Å². The molecule has 0 saturated heterocycles. The fourth-order valence-corrected chi connectivity index (χ4v) is 1.45. The second kappa shape index (κ2) is 4.45. The van der Waals surface area contributed by atoms with E-state index in [1.165, 1.54) is 18.2 Å². The molecule has 0 aliphatic heterocycles. The second-order valence-electron chi connectivity index (χ2n) is 2.37. The number of hydrogen-bond acceptors (Lipinski definition) is 4. The molecule has 1 aromatic rings. The summed E-state index contributed by atoms with van der Waals surface area (Å²) in [4.78, 5) is 11.1. The number of carbonyl (C=O) groups is 1. The van der Waals surface area contributed by atoms with Gasteiger partial charge < -0.3 is 14.4 Å². The number of hydrogen-bond donors (Lipinski definition) is 3. The normalized spacial score (nSPS) is 12.1. The zero-order chi connectivity index (χ0) is 10.7. The third kappa shape index (κ3) is 2.72. The van der Waals surface area contributed by atoms with Crippen LogP contribution in [0.2, 0.25) is 0 Å².